The molecule has 3 N–H and O–H groups in total. The molecule has 0 radical (unpaired) electrons. The monoisotopic (exact) mass is 315 g/mol. The minimum Gasteiger partial charge on any atom is -0.396 e. The Morgan fingerprint density at radius 2 is 1.71 bits per heavy atom. The molecule has 0 unspecified atom stereocenters. The number of nitrogens with zero attached hydrogens (tertiary/aromatic N) is 1. The standard InChI is InChI=1S/C19H13N3O2/c20-15-10-21-9-8-16(15)22-19(24)14-7-3-6-13-17(14)11-4-1-2-5-12(11)18(13)23/h1-10H,20H2,(H,21,22,24). The molecular formula is C19H13N3O2. The number of fused-ring (bicyclic) bond motifs is 3. The number of pyridine rings is 1. The van der Waals surface area contributed by atoms with Crippen LogP contribution in [0, 0.1) is 0 Å². The van der Waals surface area contributed by atoms with E-state index in [0.717, 1.165) is 5.56 Å². The van der Waals surface area contributed by atoms with Gasteiger partial charge in [-0.2, -0.15) is 0 Å². The average molecular weight is 315 g/mol. The number of nitrogens with two attached hydrogens (primary N) is 1. The van der Waals surface area contributed by atoms with Crippen molar-refractivity contribution in [1.29, 1.82) is 0 Å². The smallest absolute Gasteiger partial charge is 0.256 e. The van der Waals surface area contributed by atoms with E-state index in [1.54, 1.807) is 36.5 Å². The number of aromatic nitrogens is 1. The lowest BCUT2D eigenvalue weighted by molar-refractivity contribution is 0.102. The number of hydrogen-bond acceptors (Lipinski definition) is 4. The Hall–Kier alpha value is -3.47. The molecule has 0 bridgehead atoms. The lowest BCUT2D eigenvalue weighted by Gasteiger charge is -2.11. The number of benzene rings is 2. The summed E-state index contributed by atoms with van der Waals surface area (Å²) in [5, 5.41) is 2.79. The van der Waals surface area contributed by atoms with Gasteiger partial charge in [-0.3, -0.25) is 14.6 Å². The molecule has 0 aliphatic heterocycles. The number of ketones is 1. The molecule has 0 saturated carbocycles. The number of anilines is 2. The highest BCUT2D eigenvalue weighted by atomic mass is 16.1. The van der Waals surface area contributed by atoms with E-state index in [1.807, 2.05) is 18.2 Å². The normalized spacial score (nSPS) is 11.8. The van der Waals surface area contributed by atoms with Crippen LogP contribution in [0.1, 0.15) is 26.3 Å². The summed E-state index contributed by atoms with van der Waals surface area (Å²) in [6, 6.07) is 14.1. The van der Waals surface area contributed by atoms with Crippen molar-refractivity contribution in [3.63, 3.8) is 0 Å². The van der Waals surface area contributed by atoms with Gasteiger partial charge in [0.15, 0.2) is 5.78 Å². The molecule has 5 nitrogen and oxygen atoms in total. The first-order valence-corrected chi connectivity index (χ1v) is 7.45. The predicted molar refractivity (Wildman–Crippen MR) is 91.9 cm³/mol. The predicted octanol–water partition coefficient (Wildman–Crippen LogP) is 3.13. The van der Waals surface area contributed by atoms with Crippen molar-refractivity contribution in [2.45, 2.75) is 0 Å². The molecule has 0 atom stereocenters. The molecule has 24 heavy (non-hydrogen) atoms. The Labute approximate surface area is 138 Å². The highest BCUT2D eigenvalue weighted by molar-refractivity contribution is 6.25. The van der Waals surface area contributed by atoms with Crippen molar-refractivity contribution >= 4 is 23.1 Å². The maximum absolute atomic E-state index is 12.7. The van der Waals surface area contributed by atoms with Gasteiger partial charge in [0.2, 0.25) is 0 Å². The van der Waals surface area contributed by atoms with Crippen LogP contribution in [-0.2, 0) is 0 Å². The summed E-state index contributed by atoms with van der Waals surface area (Å²) in [5.74, 6) is -0.368. The van der Waals surface area contributed by atoms with Crippen LogP contribution >= 0.6 is 0 Å². The van der Waals surface area contributed by atoms with Gasteiger partial charge in [-0.15, -0.1) is 0 Å². The molecule has 1 aliphatic rings. The number of rotatable bonds is 2. The van der Waals surface area contributed by atoms with E-state index >= 15 is 0 Å². The fraction of sp³-hybridized carbons (Fsp3) is 0. The number of nitrogens with one attached hydrogen (secondary N) is 1. The Morgan fingerprint density at radius 3 is 2.50 bits per heavy atom. The first-order chi connectivity index (χ1) is 11.7. The van der Waals surface area contributed by atoms with Gasteiger partial charge in [-0.25, -0.2) is 0 Å². The van der Waals surface area contributed by atoms with Crippen molar-refractivity contribution in [3.8, 4) is 11.1 Å². The van der Waals surface area contributed by atoms with Crippen LogP contribution in [0.15, 0.2) is 60.9 Å². The zero-order chi connectivity index (χ0) is 16.7. The lowest BCUT2D eigenvalue weighted by Crippen LogP contribution is -2.14. The van der Waals surface area contributed by atoms with Gasteiger partial charge in [0, 0.05) is 28.5 Å². The molecule has 4 rings (SSSR count). The van der Waals surface area contributed by atoms with Crippen LogP contribution in [-0.4, -0.2) is 16.7 Å². The summed E-state index contributed by atoms with van der Waals surface area (Å²) >= 11 is 0. The van der Waals surface area contributed by atoms with E-state index in [2.05, 4.69) is 10.3 Å². The quantitative estimate of drug-likeness (QED) is 0.595. The van der Waals surface area contributed by atoms with Gasteiger partial charge in [0.1, 0.15) is 0 Å². The molecule has 3 aromatic rings. The maximum Gasteiger partial charge on any atom is 0.256 e. The molecule has 0 saturated heterocycles. The van der Waals surface area contributed by atoms with Crippen LogP contribution < -0.4 is 11.1 Å². The Kier molecular flexibility index (Phi) is 3.13. The fourth-order valence-electron chi connectivity index (χ4n) is 2.98. The van der Waals surface area contributed by atoms with Crippen molar-refractivity contribution in [3.05, 3.63) is 77.6 Å². The first kappa shape index (κ1) is 14.1. The molecule has 1 amide bonds. The zero-order valence-electron chi connectivity index (χ0n) is 12.6. The summed E-state index contributed by atoms with van der Waals surface area (Å²) in [5.41, 5.74) is 9.77. The Balaban J connectivity index is 1.81. The second kappa shape index (κ2) is 5.31. The highest BCUT2D eigenvalue weighted by Crippen LogP contribution is 2.39. The molecule has 0 fully saturated rings. The van der Waals surface area contributed by atoms with Gasteiger partial charge >= 0.3 is 0 Å². The van der Waals surface area contributed by atoms with Crippen LogP contribution in [0.5, 0.6) is 0 Å². The second-order valence-corrected chi connectivity index (χ2v) is 5.52. The van der Waals surface area contributed by atoms with E-state index < -0.39 is 0 Å². The summed E-state index contributed by atoms with van der Waals surface area (Å²) in [7, 11) is 0. The van der Waals surface area contributed by atoms with E-state index in [1.165, 1.54) is 6.20 Å². The summed E-state index contributed by atoms with van der Waals surface area (Å²) in [6.45, 7) is 0. The number of amides is 1. The van der Waals surface area contributed by atoms with E-state index in [-0.39, 0.29) is 11.7 Å². The van der Waals surface area contributed by atoms with Gasteiger partial charge in [0.05, 0.1) is 17.6 Å². The van der Waals surface area contributed by atoms with Crippen molar-refractivity contribution in [2.75, 3.05) is 11.1 Å². The number of carbonyl (C=O) groups is 2. The van der Waals surface area contributed by atoms with Crippen molar-refractivity contribution in [1.82, 2.24) is 4.98 Å². The molecule has 116 valence electrons. The molecular weight excluding hydrogens is 302 g/mol. The Morgan fingerprint density at radius 1 is 0.958 bits per heavy atom. The summed E-state index contributed by atoms with van der Waals surface area (Å²) in [4.78, 5) is 29.2. The second-order valence-electron chi connectivity index (χ2n) is 5.52. The van der Waals surface area contributed by atoms with E-state index in [0.29, 0.717) is 33.6 Å². The molecule has 2 aromatic carbocycles. The minimum atomic E-state index is -0.311. The molecule has 5 heteroatoms. The summed E-state index contributed by atoms with van der Waals surface area (Å²) in [6.07, 6.45) is 3.03. The van der Waals surface area contributed by atoms with Crippen LogP contribution in [0.25, 0.3) is 11.1 Å². The number of hydrogen-bond donors (Lipinski definition) is 2. The van der Waals surface area contributed by atoms with Crippen LogP contribution in [0.3, 0.4) is 0 Å². The lowest BCUT2D eigenvalue weighted by atomic mass is 9.99. The molecule has 1 aromatic heterocycles. The third-order valence-electron chi connectivity index (χ3n) is 4.09. The maximum atomic E-state index is 12.7. The third kappa shape index (κ3) is 2.06. The van der Waals surface area contributed by atoms with Crippen LogP contribution in [0.4, 0.5) is 11.4 Å². The topological polar surface area (TPSA) is 85.1 Å². The molecule has 1 aliphatic carbocycles. The van der Waals surface area contributed by atoms with Gasteiger partial charge in [0.25, 0.3) is 5.91 Å². The number of carbonyl (C=O) groups excluding carboxylic acids is 2. The number of nitrogen functional groups attached to an aromatic ring is 1. The SMILES string of the molecule is Nc1cnccc1NC(=O)c1cccc2c1-c1ccccc1C2=O. The van der Waals surface area contributed by atoms with Gasteiger partial charge in [-0.1, -0.05) is 36.4 Å². The van der Waals surface area contributed by atoms with Crippen molar-refractivity contribution in [2.24, 2.45) is 0 Å². The Bertz CT molecular complexity index is 995. The molecule has 1 heterocycles. The first-order valence-electron chi connectivity index (χ1n) is 7.45. The van der Waals surface area contributed by atoms with Gasteiger partial charge in [-0.05, 0) is 17.7 Å². The van der Waals surface area contributed by atoms with E-state index in [4.69, 9.17) is 5.73 Å². The third-order valence-corrected chi connectivity index (χ3v) is 4.09. The van der Waals surface area contributed by atoms with Crippen molar-refractivity contribution < 1.29 is 9.59 Å². The largest absolute Gasteiger partial charge is 0.396 e. The zero-order valence-corrected chi connectivity index (χ0v) is 12.6. The molecule has 0 spiro atoms. The highest BCUT2D eigenvalue weighted by Gasteiger charge is 2.30. The summed E-state index contributed by atoms with van der Waals surface area (Å²) < 4.78 is 0. The minimum absolute atomic E-state index is 0.0568. The average Bonchev–Trinajstić information content (AvgIpc) is 2.90. The van der Waals surface area contributed by atoms with Crippen LogP contribution in [0.2, 0.25) is 0 Å². The van der Waals surface area contributed by atoms with E-state index in [9.17, 15) is 9.59 Å². The fourth-order valence-corrected chi connectivity index (χ4v) is 2.98. The van der Waals surface area contributed by atoms with Gasteiger partial charge < -0.3 is 11.1 Å².